The van der Waals surface area contributed by atoms with Gasteiger partial charge in [0.05, 0.1) is 23.2 Å². The molecule has 4 rings (SSSR count). The summed E-state index contributed by atoms with van der Waals surface area (Å²) in [7, 11) is 0. The highest BCUT2D eigenvalue weighted by molar-refractivity contribution is 6.39. The van der Waals surface area contributed by atoms with Gasteiger partial charge in [-0.2, -0.15) is 0 Å². The largest absolute Gasteiger partial charge is 0.459 e. The lowest BCUT2D eigenvalue weighted by Gasteiger charge is -2.24. The Morgan fingerprint density at radius 3 is 2.24 bits per heavy atom. The minimum atomic E-state index is -0.655. The topological polar surface area (TPSA) is 96.7 Å². The predicted octanol–water partition coefficient (Wildman–Crippen LogP) is 3.81. The molecule has 0 saturated heterocycles. The SMILES string of the molecule is CC(=O)N(Cl)c1ccc2c(c1NC(=O)c1ccco1)C(=O)c1ccccc1C2=O. The van der Waals surface area contributed by atoms with E-state index in [-0.39, 0.29) is 45.2 Å². The molecule has 0 bridgehead atoms. The Hall–Kier alpha value is -3.71. The van der Waals surface area contributed by atoms with Crippen molar-refractivity contribution in [2.75, 3.05) is 9.74 Å². The molecule has 0 aliphatic heterocycles. The molecule has 0 fully saturated rings. The first kappa shape index (κ1) is 18.6. The van der Waals surface area contributed by atoms with Crippen LogP contribution in [-0.4, -0.2) is 23.4 Å². The lowest BCUT2D eigenvalue weighted by Crippen LogP contribution is -2.27. The molecule has 1 N–H and O–H groups in total. The second-order valence-electron chi connectivity index (χ2n) is 6.32. The van der Waals surface area contributed by atoms with Gasteiger partial charge in [-0.3, -0.25) is 19.2 Å². The van der Waals surface area contributed by atoms with E-state index in [0.29, 0.717) is 0 Å². The number of nitrogens with one attached hydrogen (secondary N) is 1. The van der Waals surface area contributed by atoms with Crippen LogP contribution < -0.4 is 9.74 Å². The molecule has 1 aliphatic rings. The molecule has 144 valence electrons. The van der Waals surface area contributed by atoms with Crippen LogP contribution >= 0.6 is 11.8 Å². The number of carbonyl (C=O) groups is 4. The number of carbonyl (C=O) groups excluding carboxylic acids is 4. The fraction of sp³-hybridized carbons (Fsp3) is 0.0476. The third-order valence-electron chi connectivity index (χ3n) is 4.54. The molecule has 7 nitrogen and oxygen atoms in total. The molecule has 1 aromatic heterocycles. The molecule has 1 aliphatic carbocycles. The standard InChI is InChI=1S/C21H13ClN2O5/c1-11(25)24(22)15-9-8-14-17(18(15)23-21(28)16-7-4-10-29-16)20(27)13-6-3-2-5-12(13)19(14)26/h2-10H,1H3,(H,23,28). The predicted molar refractivity (Wildman–Crippen MR) is 105 cm³/mol. The van der Waals surface area contributed by atoms with Gasteiger partial charge in [0.2, 0.25) is 5.91 Å². The Labute approximate surface area is 170 Å². The fourth-order valence-electron chi connectivity index (χ4n) is 3.22. The Morgan fingerprint density at radius 1 is 0.931 bits per heavy atom. The molecule has 29 heavy (non-hydrogen) atoms. The van der Waals surface area contributed by atoms with E-state index < -0.39 is 17.6 Å². The zero-order chi connectivity index (χ0) is 20.7. The number of furan rings is 1. The normalized spacial score (nSPS) is 12.2. The van der Waals surface area contributed by atoms with Gasteiger partial charge in [0.25, 0.3) is 5.91 Å². The number of amides is 2. The number of anilines is 2. The molecule has 0 atom stereocenters. The Balaban J connectivity index is 1.93. The Kier molecular flexibility index (Phi) is 4.52. The number of benzene rings is 2. The smallest absolute Gasteiger partial charge is 0.291 e. The molecular formula is C21H13ClN2O5. The van der Waals surface area contributed by atoms with Crippen molar-refractivity contribution in [2.24, 2.45) is 0 Å². The van der Waals surface area contributed by atoms with Gasteiger partial charge in [0.1, 0.15) is 0 Å². The van der Waals surface area contributed by atoms with Gasteiger partial charge in [-0.05, 0) is 24.3 Å². The summed E-state index contributed by atoms with van der Waals surface area (Å²) in [6, 6.07) is 12.2. The van der Waals surface area contributed by atoms with Crippen molar-refractivity contribution in [1.82, 2.24) is 0 Å². The van der Waals surface area contributed by atoms with Crippen LogP contribution in [0.15, 0.2) is 59.2 Å². The van der Waals surface area contributed by atoms with Gasteiger partial charge < -0.3 is 9.73 Å². The van der Waals surface area contributed by atoms with Crippen molar-refractivity contribution >= 4 is 46.5 Å². The summed E-state index contributed by atoms with van der Waals surface area (Å²) in [5.41, 5.74) is 0.592. The molecule has 3 aromatic rings. The van der Waals surface area contributed by atoms with Crippen molar-refractivity contribution in [2.45, 2.75) is 6.92 Å². The summed E-state index contributed by atoms with van der Waals surface area (Å²) in [5.74, 6) is -2.01. The van der Waals surface area contributed by atoms with Crippen LogP contribution in [0.5, 0.6) is 0 Å². The molecule has 0 saturated carbocycles. The van der Waals surface area contributed by atoms with Crippen LogP contribution in [-0.2, 0) is 4.79 Å². The van der Waals surface area contributed by atoms with Crippen molar-refractivity contribution in [3.63, 3.8) is 0 Å². The van der Waals surface area contributed by atoms with Crippen LogP contribution in [0.3, 0.4) is 0 Å². The van der Waals surface area contributed by atoms with Crippen LogP contribution in [0, 0.1) is 0 Å². The number of ketones is 2. The Bertz CT molecular complexity index is 1180. The summed E-state index contributed by atoms with van der Waals surface area (Å²) >= 11 is 6.09. The van der Waals surface area contributed by atoms with E-state index in [2.05, 4.69) is 5.32 Å². The van der Waals surface area contributed by atoms with E-state index >= 15 is 0 Å². The first-order valence-corrected chi connectivity index (χ1v) is 8.90. The van der Waals surface area contributed by atoms with E-state index in [0.717, 1.165) is 4.42 Å². The highest BCUT2D eigenvalue weighted by Crippen LogP contribution is 2.39. The molecule has 2 aromatic carbocycles. The molecule has 8 heteroatoms. The first-order chi connectivity index (χ1) is 13.9. The quantitative estimate of drug-likeness (QED) is 0.520. The van der Waals surface area contributed by atoms with E-state index in [1.165, 1.54) is 43.5 Å². The summed E-state index contributed by atoms with van der Waals surface area (Å²) < 4.78 is 5.86. The maximum absolute atomic E-state index is 13.2. The van der Waals surface area contributed by atoms with Crippen molar-refractivity contribution in [3.8, 4) is 0 Å². The second-order valence-corrected chi connectivity index (χ2v) is 6.66. The van der Waals surface area contributed by atoms with Gasteiger partial charge >= 0.3 is 0 Å². The van der Waals surface area contributed by atoms with Gasteiger partial charge in [-0.25, -0.2) is 4.42 Å². The van der Waals surface area contributed by atoms with Crippen molar-refractivity contribution in [3.05, 3.63) is 82.8 Å². The number of halogens is 1. The van der Waals surface area contributed by atoms with E-state index in [9.17, 15) is 19.2 Å². The number of fused-ring (bicyclic) bond motifs is 2. The van der Waals surface area contributed by atoms with Crippen LogP contribution in [0.4, 0.5) is 11.4 Å². The minimum Gasteiger partial charge on any atom is -0.459 e. The summed E-state index contributed by atoms with van der Waals surface area (Å²) in [6.45, 7) is 1.23. The molecule has 2 amide bonds. The summed E-state index contributed by atoms with van der Waals surface area (Å²) in [5, 5.41) is 2.57. The monoisotopic (exact) mass is 408 g/mol. The molecular weight excluding hydrogens is 396 g/mol. The summed E-state index contributed by atoms with van der Waals surface area (Å²) in [6.07, 6.45) is 1.32. The number of nitrogens with zero attached hydrogens (tertiary/aromatic N) is 1. The zero-order valence-electron chi connectivity index (χ0n) is 15.1. The maximum Gasteiger partial charge on any atom is 0.291 e. The number of rotatable bonds is 3. The number of hydrogen-bond donors (Lipinski definition) is 1. The average Bonchev–Trinajstić information content (AvgIpc) is 3.26. The van der Waals surface area contributed by atoms with Crippen molar-refractivity contribution in [1.29, 1.82) is 0 Å². The minimum absolute atomic E-state index is 0.00696. The van der Waals surface area contributed by atoms with Gasteiger partial charge in [0, 0.05) is 35.4 Å². The van der Waals surface area contributed by atoms with E-state index in [1.54, 1.807) is 18.2 Å². The summed E-state index contributed by atoms with van der Waals surface area (Å²) in [4.78, 5) is 50.6. The van der Waals surface area contributed by atoms with Crippen LogP contribution in [0.1, 0.15) is 49.3 Å². The highest BCUT2D eigenvalue weighted by atomic mass is 35.5. The van der Waals surface area contributed by atoms with Crippen molar-refractivity contribution < 1.29 is 23.6 Å². The van der Waals surface area contributed by atoms with Gasteiger partial charge in [-0.1, -0.05) is 24.3 Å². The van der Waals surface area contributed by atoms with Crippen LogP contribution in [0.25, 0.3) is 0 Å². The number of hydrogen-bond acceptors (Lipinski definition) is 5. The third kappa shape index (κ3) is 3.01. The lowest BCUT2D eigenvalue weighted by atomic mass is 9.82. The Morgan fingerprint density at radius 2 is 1.62 bits per heavy atom. The molecule has 0 unspecified atom stereocenters. The van der Waals surface area contributed by atoms with E-state index in [1.807, 2.05) is 0 Å². The molecule has 1 heterocycles. The van der Waals surface area contributed by atoms with Gasteiger partial charge in [-0.15, -0.1) is 0 Å². The third-order valence-corrected chi connectivity index (χ3v) is 4.96. The first-order valence-electron chi connectivity index (χ1n) is 8.57. The molecule has 0 spiro atoms. The molecule has 0 radical (unpaired) electrons. The average molecular weight is 409 g/mol. The zero-order valence-corrected chi connectivity index (χ0v) is 15.8. The van der Waals surface area contributed by atoms with Gasteiger partial charge in [0.15, 0.2) is 17.3 Å². The van der Waals surface area contributed by atoms with E-state index in [4.69, 9.17) is 16.2 Å². The fourth-order valence-corrected chi connectivity index (χ4v) is 3.36. The lowest BCUT2D eigenvalue weighted by molar-refractivity contribution is -0.115. The second kappa shape index (κ2) is 7.03. The highest BCUT2D eigenvalue weighted by Gasteiger charge is 2.34. The maximum atomic E-state index is 13.2. The van der Waals surface area contributed by atoms with Crippen LogP contribution in [0.2, 0.25) is 0 Å².